The summed E-state index contributed by atoms with van der Waals surface area (Å²) in [4.78, 5) is 52.6. The summed E-state index contributed by atoms with van der Waals surface area (Å²) >= 11 is 0. The molecule has 5 rings (SSSR count). The topological polar surface area (TPSA) is 130 Å². The minimum absolute atomic E-state index is 0.00134. The maximum Gasteiger partial charge on any atom is 0.352 e. The number of β-lactam (4-membered cyclic amide) rings is 1. The largest absolute Gasteiger partial charge is 0.507 e. The number of nitrogens with zero attached hydrogens (tertiary/aromatic N) is 1. The third-order valence-electron chi connectivity index (χ3n) is 10.4. The number of unbranched alkanes of at least 4 members (excludes halogenated alkanes) is 2. The molecule has 2 aliphatic heterocycles. The molecular weight excluding hydrogens is 658 g/mol. The first-order valence-electron chi connectivity index (χ1n) is 18.5. The number of carbonyl (C=O) groups is 4. The van der Waals surface area contributed by atoms with E-state index < -0.39 is 17.9 Å². The number of carboxylic acids is 1. The van der Waals surface area contributed by atoms with Crippen LogP contribution in [0, 0.1) is 11.8 Å². The molecule has 0 saturated carbocycles. The van der Waals surface area contributed by atoms with Gasteiger partial charge in [-0.15, -0.1) is 0 Å². The van der Waals surface area contributed by atoms with E-state index in [1.54, 1.807) is 42.5 Å². The van der Waals surface area contributed by atoms with Crippen LogP contribution in [-0.2, 0) is 25.6 Å². The Bertz CT molecular complexity index is 1770. The first-order valence-corrected chi connectivity index (χ1v) is 18.5. The van der Waals surface area contributed by atoms with Crippen LogP contribution in [0.25, 0.3) is 0 Å². The molecule has 9 nitrogen and oxygen atoms in total. The van der Waals surface area contributed by atoms with E-state index in [-0.39, 0.29) is 60.5 Å². The molecule has 52 heavy (non-hydrogen) atoms. The Hall–Kier alpha value is -4.92. The van der Waals surface area contributed by atoms with Crippen LogP contribution in [0.1, 0.15) is 102 Å². The second-order valence-corrected chi connectivity index (χ2v) is 14.4. The number of aryl methyl sites for hydroxylation is 1. The lowest BCUT2D eigenvalue weighted by Crippen LogP contribution is -2.63. The van der Waals surface area contributed by atoms with E-state index >= 15 is 0 Å². The van der Waals surface area contributed by atoms with Crippen LogP contribution >= 0.6 is 0 Å². The minimum Gasteiger partial charge on any atom is -0.507 e. The summed E-state index contributed by atoms with van der Waals surface area (Å²) in [7, 11) is 0. The van der Waals surface area contributed by atoms with Gasteiger partial charge in [0.2, 0.25) is 5.91 Å². The van der Waals surface area contributed by atoms with Crippen molar-refractivity contribution in [3.63, 3.8) is 0 Å². The number of phenols is 1. The third kappa shape index (κ3) is 9.11. The molecule has 0 bridgehead atoms. The Kier molecular flexibility index (Phi) is 12.9. The van der Waals surface area contributed by atoms with Crippen LogP contribution in [0.4, 0.5) is 0 Å². The molecule has 3 aliphatic rings. The summed E-state index contributed by atoms with van der Waals surface area (Å²) < 4.78 is 11.5. The average molecular weight is 710 g/mol. The van der Waals surface area contributed by atoms with Crippen molar-refractivity contribution in [2.45, 2.75) is 103 Å². The van der Waals surface area contributed by atoms with Gasteiger partial charge in [0, 0.05) is 30.4 Å². The lowest BCUT2D eigenvalue weighted by Gasteiger charge is -2.50. The van der Waals surface area contributed by atoms with Crippen LogP contribution in [-0.4, -0.2) is 51.4 Å². The maximum absolute atomic E-state index is 13.3. The van der Waals surface area contributed by atoms with Gasteiger partial charge in [-0.25, -0.2) is 4.79 Å². The number of esters is 1. The van der Waals surface area contributed by atoms with Crippen LogP contribution in [0.2, 0.25) is 0 Å². The molecule has 1 aliphatic carbocycles. The number of benzene rings is 2. The normalized spacial score (nSPS) is 21.3. The highest BCUT2D eigenvalue weighted by Crippen LogP contribution is 2.47. The number of carboxylic acid groups (broad SMARTS) is 1. The summed E-state index contributed by atoms with van der Waals surface area (Å²) in [5.41, 5.74) is 4.18. The Labute approximate surface area is 306 Å². The first kappa shape index (κ1) is 38.3. The van der Waals surface area contributed by atoms with E-state index in [1.807, 2.05) is 19.1 Å². The lowest BCUT2D eigenvalue weighted by molar-refractivity contribution is -0.160. The fourth-order valence-electron chi connectivity index (χ4n) is 7.71. The molecule has 276 valence electrons. The molecule has 1 fully saturated rings. The summed E-state index contributed by atoms with van der Waals surface area (Å²) in [6, 6.07) is 12.3. The molecule has 0 spiro atoms. The fourth-order valence-corrected chi connectivity index (χ4v) is 7.71. The number of rotatable bonds is 17. The van der Waals surface area contributed by atoms with Gasteiger partial charge in [0.05, 0.1) is 5.92 Å². The molecule has 1 saturated heterocycles. The van der Waals surface area contributed by atoms with E-state index in [1.165, 1.54) is 10.5 Å². The molecular formula is C43H51NO8. The Morgan fingerprint density at radius 2 is 1.85 bits per heavy atom. The van der Waals surface area contributed by atoms with Crippen LogP contribution in [0.15, 0.2) is 89.7 Å². The molecule has 0 unspecified atom stereocenters. The average Bonchev–Trinajstić information content (AvgIpc) is 3.11. The zero-order valence-electron chi connectivity index (χ0n) is 30.6. The van der Waals surface area contributed by atoms with Crippen molar-refractivity contribution < 1.29 is 38.9 Å². The molecule has 0 radical (unpaired) electrons. The van der Waals surface area contributed by atoms with Gasteiger partial charge < -0.3 is 24.6 Å². The minimum atomic E-state index is -1.21. The SMILES string of the molecule is C=C(C)[C@@H]1CCC(C)=C[C@H]1c1c(O)cc(CCCCC)cc1OC(=O)CC/C=C/C1=C(C(=O)O)N2C(=O)[C@@H](CC(=O)COc3ccccc3)[C@H]2CC1. The van der Waals surface area contributed by atoms with E-state index in [4.69, 9.17) is 9.47 Å². The van der Waals surface area contributed by atoms with Crippen molar-refractivity contribution in [2.75, 3.05) is 6.61 Å². The van der Waals surface area contributed by atoms with Gasteiger partial charge in [0.1, 0.15) is 29.6 Å². The number of aromatic hydroxyl groups is 1. The van der Waals surface area contributed by atoms with Crippen LogP contribution in [0.3, 0.4) is 0 Å². The predicted molar refractivity (Wildman–Crippen MR) is 199 cm³/mol. The maximum atomic E-state index is 13.3. The second-order valence-electron chi connectivity index (χ2n) is 14.4. The standard InChI is InChI=1S/C43H51NO8/c1-5-6-8-13-29-23-37(46)40(34-22-28(4)18-20-33(34)27(2)3)38(24-29)52-39(47)17-12-11-14-30-19-21-36-35(42(48)44(36)41(30)43(49)50)25-31(45)26-51-32-15-9-7-10-16-32/h7,9-11,14-16,22-24,33-36,46H,2,5-6,8,12-13,17-21,25-26H2,1,3-4H3,(H,49,50)/b14-11+/t33-,34+,35-,36+/m0/s1. The molecule has 2 heterocycles. The van der Waals surface area contributed by atoms with Gasteiger partial charge in [0.25, 0.3) is 0 Å². The highest BCUT2D eigenvalue weighted by atomic mass is 16.5. The smallest absolute Gasteiger partial charge is 0.352 e. The van der Waals surface area contributed by atoms with Gasteiger partial charge in [-0.05, 0) is 100 Å². The van der Waals surface area contributed by atoms with Crippen molar-refractivity contribution >= 4 is 23.6 Å². The molecule has 4 atom stereocenters. The predicted octanol–water partition coefficient (Wildman–Crippen LogP) is 8.38. The zero-order chi connectivity index (χ0) is 37.4. The van der Waals surface area contributed by atoms with E-state index in [9.17, 15) is 29.4 Å². The Morgan fingerprint density at radius 1 is 1.08 bits per heavy atom. The second kappa shape index (κ2) is 17.5. The summed E-state index contributed by atoms with van der Waals surface area (Å²) in [6.07, 6.45) is 12.5. The van der Waals surface area contributed by atoms with Crippen molar-refractivity contribution in [3.8, 4) is 17.2 Å². The van der Waals surface area contributed by atoms with Crippen LogP contribution in [0.5, 0.6) is 17.2 Å². The Morgan fingerprint density at radius 3 is 2.56 bits per heavy atom. The molecule has 1 amide bonds. The van der Waals surface area contributed by atoms with Crippen molar-refractivity contribution in [1.29, 1.82) is 0 Å². The van der Waals surface area contributed by atoms with Gasteiger partial charge >= 0.3 is 11.9 Å². The number of ketones is 1. The van der Waals surface area contributed by atoms with Crippen molar-refractivity contribution in [3.05, 3.63) is 101 Å². The number of para-hydroxylation sites is 1. The highest BCUT2D eigenvalue weighted by Gasteiger charge is 2.52. The monoisotopic (exact) mass is 709 g/mol. The quantitative estimate of drug-likeness (QED) is 0.0551. The number of hydrogen-bond acceptors (Lipinski definition) is 7. The van der Waals surface area contributed by atoms with Gasteiger partial charge in [-0.3, -0.25) is 14.4 Å². The molecule has 2 aromatic rings. The summed E-state index contributed by atoms with van der Waals surface area (Å²) in [5.74, 6) is -1.84. The number of hydrogen-bond donors (Lipinski definition) is 2. The lowest BCUT2D eigenvalue weighted by atomic mass is 9.73. The van der Waals surface area contributed by atoms with Crippen molar-refractivity contribution in [2.24, 2.45) is 11.8 Å². The number of ether oxygens (including phenoxy) is 2. The number of fused-ring (bicyclic) bond motifs is 1. The summed E-state index contributed by atoms with van der Waals surface area (Å²) in [5, 5.41) is 21.4. The van der Waals surface area contributed by atoms with Gasteiger partial charge in [-0.1, -0.05) is 73.9 Å². The number of aliphatic carboxylic acids is 1. The fraction of sp³-hybridized carbons (Fsp3) is 0.442. The number of amides is 1. The molecule has 9 heteroatoms. The van der Waals surface area contributed by atoms with E-state index in [0.717, 1.165) is 49.7 Å². The van der Waals surface area contributed by atoms with Crippen LogP contribution < -0.4 is 9.47 Å². The van der Waals surface area contributed by atoms with Gasteiger partial charge in [0.15, 0.2) is 5.78 Å². The van der Waals surface area contributed by atoms with E-state index in [2.05, 4.69) is 26.5 Å². The third-order valence-corrected chi connectivity index (χ3v) is 10.4. The van der Waals surface area contributed by atoms with Gasteiger partial charge in [-0.2, -0.15) is 0 Å². The number of Topliss-reactive ketones (excluding diaryl/α,β-unsaturated/α-hetero) is 1. The molecule has 2 N–H and O–H groups in total. The zero-order valence-corrected chi connectivity index (χ0v) is 30.6. The number of phenolic OH excluding ortho intramolecular Hbond substituents is 1. The molecule has 0 aromatic heterocycles. The van der Waals surface area contributed by atoms with Crippen molar-refractivity contribution in [1.82, 2.24) is 4.90 Å². The number of allylic oxidation sites excluding steroid dienone is 6. The summed E-state index contributed by atoms with van der Waals surface area (Å²) in [6.45, 7) is 10.3. The highest BCUT2D eigenvalue weighted by molar-refractivity contribution is 6.00. The Balaban J connectivity index is 1.24. The number of carbonyl (C=O) groups excluding carboxylic acids is 3. The first-order chi connectivity index (χ1) is 25.0. The molecule has 2 aromatic carbocycles. The van der Waals surface area contributed by atoms with E-state index in [0.29, 0.717) is 41.9 Å².